The highest BCUT2D eigenvalue weighted by molar-refractivity contribution is 5.75. The lowest BCUT2D eigenvalue weighted by Gasteiger charge is -2.26. The summed E-state index contributed by atoms with van der Waals surface area (Å²) in [7, 11) is 1.46. The van der Waals surface area contributed by atoms with Crippen LogP contribution >= 0.6 is 0 Å². The first-order valence-corrected chi connectivity index (χ1v) is 8.09. The Balaban J connectivity index is 2.11. The minimum atomic E-state index is -4.44. The zero-order chi connectivity index (χ0) is 18.6. The lowest BCUT2D eigenvalue weighted by molar-refractivity contribution is -0.138. The molecular weight excluding hydrogens is 337 g/mol. The molecule has 1 aromatic carbocycles. The zero-order valence-corrected chi connectivity index (χ0v) is 13.8. The maximum Gasteiger partial charge on any atom is 0.416 e. The average molecular weight is 358 g/mol. The molecule has 8 heteroatoms. The second kappa shape index (κ2) is 7.76. The van der Waals surface area contributed by atoms with Crippen molar-refractivity contribution in [3.8, 4) is 0 Å². The normalized spacial score (nSPS) is 20.3. The molecule has 0 heterocycles. The van der Waals surface area contributed by atoms with E-state index in [2.05, 4.69) is 5.32 Å². The lowest BCUT2D eigenvalue weighted by Crippen LogP contribution is -2.44. The number of nitrogens with one attached hydrogen (secondary N) is 1. The van der Waals surface area contributed by atoms with Crippen LogP contribution in [-0.4, -0.2) is 41.6 Å². The van der Waals surface area contributed by atoms with Gasteiger partial charge in [-0.1, -0.05) is 24.6 Å². The number of carboxylic acid groups (broad SMARTS) is 1. The van der Waals surface area contributed by atoms with Crippen molar-refractivity contribution in [2.75, 3.05) is 13.6 Å². The number of amides is 2. The first kappa shape index (κ1) is 19.1. The van der Waals surface area contributed by atoms with Crippen molar-refractivity contribution in [2.45, 2.75) is 43.8 Å². The lowest BCUT2D eigenvalue weighted by atomic mass is 9.90. The highest BCUT2D eigenvalue weighted by Crippen LogP contribution is 2.41. The first-order valence-electron chi connectivity index (χ1n) is 8.09. The van der Waals surface area contributed by atoms with Gasteiger partial charge in [0.25, 0.3) is 0 Å². The third-order valence-electron chi connectivity index (χ3n) is 4.50. The molecule has 25 heavy (non-hydrogen) atoms. The van der Waals surface area contributed by atoms with Crippen LogP contribution in [0.4, 0.5) is 18.0 Å². The number of carbonyl (C=O) groups is 2. The van der Waals surface area contributed by atoms with Crippen LogP contribution in [0.5, 0.6) is 0 Å². The number of urea groups is 1. The SMILES string of the molecule is CN(CCC(=O)O)C(=O)NC1CCCC1c1ccccc1C(F)(F)F. The minimum Gasteiger partial charge on any atom is -0.481 e. The van der Waals surface area contributed by atoms with Crippen molar-refractivity contribution >= 4 is 12.0 Å². The van der Waals surface area contributed by atoms with Gasteiger partial charge >= 0.3 is 18.2 Å². The summed E-state index contributed by atoms with van der Waals surface area (Å²) in [4.78, 5) is 24.0. The van der Waals surface area contributed by atoms with E-state index in [1.165, 1.54) is 24.1 Å². The summed E-state index contributed by atoms with van der Waals surface area (Å²) in [6.45, 7) is 0.0394. The number of benzene rings is 1. The maximum atomic E-state index is 13.2. The molecule has 1 aliphatic rings. The van der Waals surface area contributed by atoms with Gasteiger partial charge in [-0.05, 0) is 24.5 Å². The number of carboxylic acids is 1. The summed E-state index contributed by atoms with van der Waals surface area (Å²) >= 11 is 0. The molecule has 2 amide bonds. The Bertz CT molecular complexity index is 634. The van der Waals surface area contributed by atoms with Gasteiger partial charge in [0.15, 0.2) is 0 Å². The standard InChI is InChI=1S/C17H21F3N2O3/c1-22(10-9-15(23)24)16(25)21-14-8-4-6-12(14)11-5-2-3-7-13(11)17(18,19)20/h2-3,5,7,12,14H,4,6,8-10H2,1H3,(H,21,25)(H,23,24). The van der Waals surface area contributed by atoms with Crippen molar-refractivity contribution in [3.05, 3.63) is 35.4 Å². The maximum absolute atomic E-state index is 13.2. The fourth-order valence-corrected chi connectivity index (χ4v) is 3.22. The number of halogens is 3. The summed E-state index contributed by atoms with van der Waals surface area (Å²) in [6.07, 6.45) is -2.74. The molecule has 138 valence electrons. The van der Waals surface area contributed by atoms with E-state index in [9.17, 15) is 22.8 Å². The highest BCUT2D eigenvalue weighted by atomic mass is 19.4. The van der Waals surface area contributed by atoms with Crippen LogP contribution in [0.3, 0.4) is 0 Å². The molecule has 1 fully saturated rings. The Kier molecular flexibility index (Phi) is 5.92. The summed E-state index contributed by atoms with van der Waals surface area (Å²) in [6, 6.07) is 4.58. The molecule has 0 saturated heterocycles. The number of rotatable bonds is 5. The van der Waals surface area contributed by atoms with E-state index in [1.54, 1.807) is 6.07 Å². The summed E-state index contributed by atoms with van der Waals surface area (Å²) < 4.78 is 39.7. The summed E-state index contributed by atoms with van der Waals surface area (Å²) in [5.41, 5.74) is -0.466. The van der Waals surface area contributed by atoms with E-state index < -0.39 is 35.7 Å². The number of carbonyl (C=O) groups excluding carboxylic acids is 1. The largest absolute Gasteiger partial charge is 0.481 e. The first-order chi connectivity index (χ1) is 11.7. The molecule has 2 atom stereocenters. The molecule has 2 unspecified atom stereocenters. The summed E-state index contributed by atoms with van der Waals surface area (Å²) in [5.74, 6) is -1.42. The van der Waals surface area contributed by atoms with Crippen molar-refractivity contribution in [1.82, 2.24) is 10.2 Å². The number of nitrogens with zero attached hydrogens (tertiary/aromatic N) is 1. The van der Waals surface area contributed by atoms with Gasteiger partial charge in [0.1, 0.15) is 0 Å². The molecule has 0 bridgehead atoms. The Morgan fingerprint density at radius 3 is 2.60 bits per heavy atom. The van der Waals surface area contributed by atoms with Gasteiger partial charge in [0.05, 0.1) is 12.0 Å². The van der Waals surface area contributed by atoms with Crippen molar-refractivity contribution < 1.29 is 27.9 Å². The number of hydrogen-bond acceptors (Lipinski definition) is 2. The second-order valence-electron chi connectivity index (χ2n) is 6.24. The minimum absolute atomic E-state index is 0.0394. The van der Waals surface area contributed by atoms with Crippen molar-refractivity contribution in [1.29, 1.82) is 0 Å². The molecule has 0 spiro atoms. The van der Waals surface area contributed by atoms with Crippen LogP contribution in [-0.2, 0) is 11.0 Å². The Morgan fingerprint density at radius 1 is 1.28 bits per heavy atom. The van der Waals surface area contributed by atoms with Gasteiger partial charge in [-0.25, -0.2) is 4.79 Å². The molecule has 1 aliphatic carbocycles. The van der Waals surface area contributed by atoms with Crippen LogP contribution < -0.4 is 5.32 Å². The third kappa shape index (κ3) is 4.87. The number of aliphatic carboxylic acids is 1. The van der Waals surface area contributed by atoms with Gasteiger partial charge in [0.2, 0.25) is 0 Å². The smallest absolute Gasteiger partial charge is 0.416 e. The van der Waals surface area contributed by atoms with E-state index in [0.29, 0.717) is 12.8 Å². The van der Waals surface area contributed by atoms with Crippen molar-refractivity contribution in [2.24, 2.45) is 0 Å². The van der Waals surface area contributed by atoms with Gasteiger partial charge < -0.3 is 15.3 Å². The molecular formula is C17H21F3N2O3. The molecule has 1 aromatic rings. The quantitative estimate of drug-likeness (QED) is 0.847. The van der Waals surface area contributed by atoms with E-state index >= 15 is 0 Å². The molecule has 2 N–H and O–H groups in total. The second-order valence-corrected chi connectivity index (χ2v) is 6.24. The fourth-order valence-electron chi connectivity index (χ4n) is 3.22. The van der Waals surface area contributed by atoms with E-state index in [-0.39, 0.29) is 18.5 Å². The molecule has 0 aromatic heterocycles. The van der Waals surface area contributed by atoms with Crippen LogP contribution in [0.25, 0.3) is 0 Å². The van der Waals surface area contributed by atoms with Gasteiger partial charge in [-0.15, -0.1) is 0 Å². The molecule has 0 aliphatic heterocycles. The van der Waals surface area contributed by atoms with E-state index in [0.717, 1.165) is 12.5 Å². The van der Waals surface area contributed by atoms with Gasteiger partial charge in [-0.3, -0.25) is 4.79 Å². The summed E-state index contributed by atoms with van der Waals surface area (Å²) in [5, 5.41) is 11.4. The zero-order valence-electron chi connectivity index (χ0n) is 13.8. The van der Waals surface area contributed by atoms with E-state index in [1.807, 2.05) is 0 Å². The van der Waals surface area contributed by atoms with Crippen molar-refractivity contribution in [3.63, 3.8) is 0 Å². The van der Waals surface area contributed by atoms with E-state index in [4.69, 9.17) is 5.11 Å². The fraction of sp³-hybridized carbons (Fsp3) is 0.529. The molecule has 2 rings (SSSR count). The Morgan fingerprint density at radius 2 is 1.96 bits per heavy atom. The highest BCUT2D eigenvalue weighted by Gasteiger charge is 2.39. The molecule has 0 radical (unpaired) electrons. The Hall–Kier alpha value is -2.25. The molecule has 5 nitrogen and oxygen atoms in total. The van der Waals surface area contributed by atoms with Crippen LogP contribution in [0, 0.1) is 0 Å². The van der Waals surface area contributed by atoms with Gasteiger partial charge in [0, 0.05) is 25.6 Å². The number of alkyl halides is 3. The van der Waals surface area contributed by atoms with Gasteiger partial charge in [-0.2, -0.15) is 13.2 Å². The predicted molar refractivity (Wildman–Crippen MR) is 85.2 cm³/mol. The average Bonchev–Trinajstić information content (AvgIpc) is 2.99. The molecule has 1 saturated carbocycles. The monoisotopic (exact) mass is 358 g/mol. The number of hydrogen-bond donors (Lipinski definition) is 2. The Labute approximate surface area is 143 Å². The third-order valence-corrected chi connectivity index (χ3v) is 4.50. The topological polar surface area (TPSA) is 69.6 Å². The van der Waals surface area contributed by atoms with Crippen LogP contribution in [0.15, 0.2) is 24.3 Å². The van der Waals surface area contributed by atoms with Crippen LogP contribution in [0.1, 0.15) is 42.7 Å². The van der Waals surface area contributed by atoms with Crippen LogP contribution in [0.2, 0.25) is 0 Å². The predicted octanol–water partition coefficient (Wildman–Crippen LogP) is 3.46.